The maximum Gasteiger partial charge on any atom is 0.315 e. The van der Waals surface area contributed by atoms with E-state index in [2.05, 4.69) is 14.8 Å². The molecular formula is C10H17N3O4. The van der Waals surface area contributed by atoms with Crippen molar-refractivity contribution in [3.63, 3.8) is 0 Å². The Morgan fingerprint density at radius 2 is 2.00 bits per heavy atom. The highest BCUT2D eigenvalue weighted by Crippen LogP contribution is 2.13. The summed E-state index contributed by atoms with van der Waals surface area (Å²) in [6, 6.07) is -1.00. The molecule has 0 heterocycles. The van der Waals surface area contributed by atoms with Gasteiger partial charge in [0.2, 0.25) is 0 Å². The number of methoxy groups -OCH3 is 1. The number of carbonyl (C=O) groups excluding carboxylic acids is 2. The van der Waals surface area contributed by atoms with Gasteiger partial charge in [0.25, 0.3) is 0 Å². The highest BCUT2D eigenvalue weighted by molar-refractivity contribution is 5.77. The lowest BCUT2D eigenvalue weighted by atomic mass is 10.1. The van der Waals surface area contributed by atoms with Crippen LogP contribution in [-0.4, -0.2) is 30.7 Å². The molecule has 0 radical (unpaired) electrons. The van der Waals surface area contributed by atoms with Gasteiger partial charge in [0, 0.05) is 11.3 Å². The van der Waals surface area contributed by atoms with E-state index in [0.29, 0.717) is 0 Å². The third-order valence-corrected chi connectivity index (χ3v) is 1.72. The van der Waals surface area contributed by atoms with Crippen LogP contribution in [0, 0.1) is 0 Å². The molecule has 0 aliphatic carbocycles. The molecule has 1 atom stereocenters. The van der Waals surface area contributed by atoms with Crippen molar-refractivity contribution in [3.8, 4) is 0 Å². The van der Waals surface area contributed by atoms with E-state index in [-0.39, 0.29) is 12.8 Å². The fraction of sp³-hybridized carbons (Fsp3) is 0.800. The minimum atomic E-state index is -1.00. The molecule has 0 aromatic rings. The van der Waals surface area contributed by atoms with Crippen LogP contribution in [0.25, 0.3) is 10.4 Å². The zero-order valence-corrected chi connectivity index (χ0v) is 10.5. The number of hydrogen-bond acceptors (Lipinski definition) is 5. The second-order valence-electron chi connectivity index (χ2n) is 4.37. The summed E-state index contributed by atoms with van der Waals surface area (Å²) in [5, 5.41) is 3.31. The normalized spacial score (nSPS) is 12.2. The monoisotopic (exact) mass is 243 g/mol. The average Bonchev–Trinajstić information content (AvgIpc) is 2.20. The van der Waals surface area contributed by atoms with Crippen LogP contribution in [0.2, 0.25) is 0 Å². The molecule has 17 heavy (non-hydrogen) atoms. The Kier molecular flexibility index (Phi) is 6.06. The highest BCUT2D eigenvalue weighted by Gasteiger charge is 2.24. The number of azide groups is 1. The van der Waals surface area contributed by atoms with Crippen molar-refractivity contribution >= 4 is 11.9 Å². The zero-order chi connectivity index (χ0) is 13.5. The first-order valence-electron chi connectivity index (χ1n) is 5.14. The summed E-state index contributed by atoms with van der Waals surface area (Å²) in [5.74, 6) is -1.11. The van der Waals surface area contributed by atoms with Crippen LogP contribution in [0.1, 0.15) is 33.6 Å². The summed E-state index contributed by atoms with van der Waals surface area (Å²) in [4.78, 5) is 25.1. The second-order valence-corrected chi connectivity index (χ2v) is 4.37. The van der Waals surface area contributed by atoms with Crippen LogP contribution in [0.15, 0.2) is 5.11 Å². The topological polar surface area (TPSA) is 101 Å². The number of ether oxygens (including phenoxy) is 2. The van der Waals surface area contributed by atoms with E-state index in [0.717, 1.165) is 0 Å². The second kappa shape index (κ2) is 6.75. The molecule has 0 amide bonds. The van der Waals surface area contributed by atoms with Gasteiger partial charge in [-0.2, -0.15) is 0 Å². The van der Waals surface area contributed by atoms with E-state index in [4.69, 9.17) is 10.3 Å². The number of rotatable bonds is 5. The first kappa shape index (κ1) is 15.2. The number of nitrogens with zero attached hydrogens (tertiary/aromatic N) is 3. The molecule has 7 heteroatoms. The summed E-state index contributed by atoms with van der Waals surface area (Å²) in [7, 11) is 1.25. The van der Waals surface area contributed by atoms with Crippen molar-refractivity contribution in [2.75, 3.05) is 7.11 Å². The van der Waals surface area contributed by atoms with Crippen molar-refractivity contribution in [1.29, 1.82) is 0 Å². The molecule has 0 rings (SSSR count). The number of carbonyl (C=O) groups is 2. The number of hydrogen-bond donors (Lipinski definition) is 0. The standard InChI is InChI=1S/C10H17N3O4/c1-10(2,3)17-9(15)7(12-13-11)5-6-8(14)16-4/h7H,5-6H2,1-4H3. The van der Waals surface area contributed by atoms with Crippen LogP contribution in [-0.2, 0) is 19.1 Å². The lowest BCUT2D eigenvalue weighted by molar-refractivity contribution is -0.156. The Morgan fingerprint density at radius 3 is 2.41 bits per heavy atom. The average molecular weight is 243 g/mol. The summed E-state index contributed by atoms with van der Waals surface area (Å²) >= 11 is 0. The molecule has 0 bridgehead atoms. The van der Waals surface area contributed by atoms with Crippen LogP contribution in [0.5, 0.6) is 0 Å². The van der Waals surface area contributed by atoms with Gasteiger partial charge in [0.05, 0.1) is 7.11 Å². The highest BCUT2D eigenvalue weighted by atomic mass is 16.6. The van der Waals surface area contributed by atoms with Gasteiger partial charge in [-0.05, 0) is 32.7 Å². The SMILES string of the molecule is COC(=O)CCC(N=[N+]=[N-])C(=O)OC(C)(C)C. The quantitative estimate of drug-likeness (QED) is 0.318. The smallest absolute Gasteiger partial charge is 0.315 e. The predicted octanol–water partition coefficient (Wildman–Crippen LogP) is 1.96. The van der Waals surface area contributed by atoms with Gasteiger partial charge >= 0.3 is 11.9 Å². The Bertz CT molecular complexity index is 329. The fourth-order valence-electron chi connectivity index (χ4n) is 1.01. The Morgan fingerprint density at radius 1 is 1.41 bits per heavy atom. The van der Waals surface area contributed by atoms with Gasteiger partial charge < -0.3 is 9.47 Å². The van der Waals surface area contributed by atoms with E-state index in [1.165, 1.54) is 7.11 Å². The van der Waals surface area contributed by atoms with Gasteiger partial charge in [0.15, 0.2) is 0 Å². The lowest BCUT2D eigenvalue weighted by Crippen LogP contribution is -2.31. The minimum absolute atomic E-state index is 0.000566. The van der Waals surface area contributed by atoms with E-state index in [9.17, 15) is 9.59 Å². The van der Waals surface area contributed by atoms with Crippen LogP contribution in [0.4, 0.5) is 0 Å². The molecule has 96 valence electrons. The third-order valence-electron chi connectivity index (χ3n) is 1.72. The molecule has 0 fully saturated rings. The van der Waals surface area contributed by atoms with E-state index >= 15 is 0 Å². The molecule has 0 aliphatic rings. The van der Waals surface area contributed by atoms with Crippen molar-refractivity contribution in [3.05, 3.63) is 10.4 Å². The molecule has 0 saturated heterocycles. The largest absolute Gasteiger partial charge is 0.469 e. The van der Waals surface area contributed by atoms with E-state index in [1.807, 2.05) is 0 Å². The summed E-state index contributed by atoms with van der Waals surface area (Å²) in [6.45, 7) is 5.12. The molecule has 0 aromatic carbocycles. The summed E-state index contributed by atoms with van der Waals surface area (Å²) in [5.41, 5.74) is 7.68. The summed E-state index contributed by atoms with van der Waals surface area (Å²) < 4.78 is 9.50. The van der Waals surface area contributed by atoms with Crippen LogP contribution >= 0.6 is 0 Å². The van der Waals surface area contributed by atoms with Gasteiger partial charge in [-0.3, -0.25) is 9.59 Å². The molecule has 0 aromatic heterocycles. The van der Waals surface area contributed by atoms with E-state index in [1.54, 1.807) is 20.8 Å². The lowest BCUT2D eigenvalue weighted by Gasteiger charge is -2.21. The van der Waals surface area contributed by atoms with Gasteiger partial charge in [-0.1, -0.05) is 5.11 Å². The first-order chi connectivity index (χ1) is 7.80. The van der Waals surface area contributed by atoms with E-state index < -0.39 is 23.6 Å². The third kappa shape index (κ3) is 7.19. The van der Waals surface area contributed by atoms with Crippen molar-refractivity contribution in [2.24, 2.45) is 5.11 Å². The molecule has 0 aliphatic heterocycles. The van der Waals surface area contributed by atoms with Crippen molar-refractivity contribution in [2.45, 2.75) is 45.3 Å². The Labute approximate surface area is 99.7 Å². The van der Waals surface area contributed by atoms with Gasteiger partial charge in [-0.25, -0.2) is 0 Å². The fourth-order valence-corrected chi connectivity index (χ4v) is 1.01. The zero-order valence-electron chi connectivity index (χ0n) is 10.5. The van der Waals surface area contributed by atoms with Gasteiger partial charge in [0.1, 0.15) is 11.6 Å². The number of esters is 2. The summed E-state index contributed by atoms with van der Waals surface area (Å²) in [6.07, 6.45) is 0.0745. The molecular weight excluding hydrogens is 226 g/mol. The first-order valence-corrected chi connectivity index (χ1v) is 5.14. The van der Waals surface area contributed by atoms with Gasteiger partial charge in [-0.15, -0.1) is 0 Å². The van der Waals surface area contributed by atoms with Crippen LogP contribution in [0.3, 0.4) is 0 Å². The Balaban J connectivity index is 4.47. The Hall–Kier alpha value is -1.75. The maximum absolute atomic E-state index is 11.6. The molecule has 0 N–H and O–H groups in total. The maximum atomic E-state index is 11.6. The predicted molar refractivity (Wildman–Crippen MR) is 60.0 cm³/mol. The van der Waals surface area contributed by atoms with Crippen molar-refractivity contribution < 1.29 is 19.1 Å². The van der Waals surface area contributed by atoms with Crippen LogP contribution < -0.4 is 0 Å². The molecule has 1 unspecified atom stereocenters. The minimum Gasteiger partial charge on any atom is -0.469 e. The van der Waals surface area contributed by atoms with Crippen molar-refractivity contribution in [1.82, 2.24) is 0 Å². The molecule has 7 nitrogen and oxygen atoms in total. The molecule has 0 saturated carbocycles. The molecule has 0 spiro atoms.